The summed E-state index contributed by atoms with van der Waals surface area (Å²) in [5.74, 6) is -1.22. The number of urea groups is 1. The summed E-state index contributed by atoms with van der Waals surface area (Å²) < 4.78 is 42.8. The van der Waals surface area contributed by atoms with Gasteiger partial charge < -0.3 is 30.1 Å². The van der Waals surface area contributed by atoms with E-state index < -0.39 is 12.1 Å². The number of benzene rings is 2. The summed E-state index contributed by atoms with van der Waals surface area (Å²) >= 11 is 0. The van der Waals surface area contributed by atoms with Gasteiger partial charge in [-0.15, -0.1) is 0 Å². The van der Waals surface area contributed by atoms with Gasteiger partial charge in [-0.2, -0.15) is 13.2 Å². The molecule has 3 atom stereocenters. The number of carboxylic acid groups (broad SMARTS) is 1. The summed E-state index contributed by atoms with van der Waals surface area (Å²) in [5, 5.41) is 13.5. The lowest BCUT2D eigenvalue weighted by atomic mass is 9.65. The van der Waals surface area contributed by atoms with Crippen LogP contribution in [-0.4, -0.2) is 68.1 Å². The van der Waals surface area contributed by atoms with Crippen LogP contribution in [0.5, 0.6) is 11.5 Å². The summed E-state index contributed by atoms with van der Waals surface area (Å²) in [5.41, 5.74) is 3.35. The van der Waals surface area contributed by atoms with Gasteiger partial charge in [-0.25, -0.2) is 9.59 Å². The number of likely N-dealkylation sites (tertiary alicyclic amines) is 1. The molecule has 0 aromatic heterocycles. The van der Waals surface area contributed by atoms with Crippen LogP contribution >= 0.6 is 0 Å². The van der Waals surface area contributed by atoms with Crippen molar-refractivity contribution >= 4 is 17.7 Å². The largest absolute Gasteiger partial charge is 0.493 e. The van der Waals surface area contributed by atoms with Crippen molar-refractivity contribution in [2.75, 3.05) is 33.1 Å². The number of carboxylic acids is 1. The fraction of sp³-hybridized carbons (Fsp3) is 0.533. The monoisotopic (exact) mass is 579 g/mol. The lowest BCUT2D eigenvalue weighted by molar-refractivity contribution is -0.192. The van der Waals surface area contributed by atoms with Crippen LogP contribution in [0.4, 0.5) is 23.7 Å². The van der Waals surface area contributed by atoms with E-state index in [2.05, 4.69) is 61.6 Å². The summed E-state index contributed by atoms with van der Waals surface area (Å²) in [6, 6.07) is 14.8. The van der Waals surface area contributed by atoms with Crippen LogP contribution in [0, 0.1) is 0 Å². The molecule has 1 aliphatic carbocycles. The molecule has 1 saturated heterocycles. The van der Waals surface area contributed by atoms with Gasteiger partial charge in [-0.3, -0.25) is 0 Å². The molecule has 2 aliphatic rings. The fourth-order valence-electron chi connectivity index (χ4n) is 5.98. The highest BCUT2D eigenvalue weighted by atomic mass is 19.4. The third-order valence-electron chi connectivity index (χ3n) is 8.05. The number of carbonyl (C=O) groups is 2. The Morgan fingerprint density at radius 3 is 2.24 bits per heavy atom. The second-order valence-electron chi connectivity index (χ2n) is 11.6. The van der Waals surface area contributed by atoms with Crippen LogP contribution in [0.3, 0.4) is 0 Å². The Labute approximate surface area is 239 Å². The van der Waals surface area contributed by atoms with Gasteiger partial charge >= 0.3 is 18.2 Å². The molecule has 2 fully saturated rings. The SMILES string of the molecule is COc1ccc(C23CCC(NC(=O)Nc4ccccc4C(C)(C)C)CC2N(C)CC3)cc1OC.O=C(O)C(F)(F)F. The molecule has 0 radical (unpaired) electrons. The molecule has 2 aromatic rings. The minimum Gasteiger partial charge on any atom is -0.493 e. The summed E-state index contributed by atoms with van der Waals surface area (Å²) in [6.45, 7) is 7.54. The summed E-state index contributed by atoms with van der Waals surface area (Å²) in [4.78, 5) is 24.3. The first kappa shape index (κ1) is 32.0. The highest BCUT2D eigenvalue weighted by Gasteiger charge is 2.50. The van der Waals surface area contributed by atoms with Crippen molar-refractivity contribution < 1.29 is 37.3 Å². The number of hydrogen-bond donors (Lipinski definition) is 3. The number of fused-ring (bicyclic) bond motifs is 1. The average molecular weight is 580 g/mol. The Bertz CT molecular complexity index is 1230. The molecule has 4 rings (SSSR count). The number of rotatable bonds is 5. The van der Waals surface area contributed by atoms with Crippen LogP contribution < -0.4 is 20.1 Å². The maximum atomic E-state index is 13.0. The molecule has 0 spiro atoms. The van der Waals surface area contributed by atoms with E-state index in [4.69, 9.17) is 19.4 Å². The van der Waals surface area contributed by atoms with Gasteiger partial charge in [0, 0.05) is 23.2 Å². The molecule has 8 nitrogen and oxygen atoms in total. The van der Waals surface area contributed by atoms with Crippen LogP contribution in [-0.2, 0) is 15.6 Å². The summed E-state index contributed by atoms with van der Waals surface area (Å²) in [6.07, 6.45) is -1.06. The molecule has 2 amide bonds. The maximum absolute atomic E-state index is 13.0. The minimum absolute atomic E-state index is 0.0414. The van der Waals surface area contributed by atoms with Gasteiger partial charge in [0.25, 0.3) is 0 Å². The number of para-hydroxylation sites is 1. The molecule has 11 heteroatoms. The molecule has 226 valence electrons. The number of likely N-dealkylation sites (N-methyl/N-ethyl adjacent to an activating group) is 1. The molecule has 1 heterocycles. The summed E-state index contributed by atoms with van der Waals surface area (Å²) in [7, 11) is 5.56. The van der Waals surface area contributed by atoms with E-state index in [1.165, 1.54) is 5.56 Å². The molecule has 1 aliphatic heterocycles. The van der Waals surface area contributed by atoms with Gasteiger partial charge in [0.15, 0.2) is 11.5 Å². The van der Waals surface area contributed by atoms with Crippen molar-refractivity contribution in [3.63, 3.8) is 0 Å². The molecular formula is C30H40F3N3O5. The molecule has 2 aromatic carbocycles. The first-order valence-corrected chi connectivity index (χ1v) is 13.5. The molecule has 1 saturated carbocycles. The number of ether oxygens (including phenoxy) is 2. The Hall–Kier alpha value is -3.47. The van der Waals surface area contributed by atoms with E-state index in [1.54, 1.807) is 14.2 Å². The van der Waals surface area contributed by atoms with Crippen molar-refractivity contribution in [1.29, 1.82) is 0 Å². The standard InChI is InChI=1S/C28H39N3O3.C2HF3O2/c1-27(2,3)21-9-7-8-10-22(21)30-26(32)29-20-13-14-28(15-16-31(4)25(28)18-20)19-11-12-23(33-5)24(17-19)34-6;3-2(4,5)1(6)7/h7-12,17,20,25H,13-16,18H2,1-6H3,(H2,29,30,32);(H,6,7). The lowest BCUT2D eigenvalue weighted by Crippen LogP contribution is -2.52. The van der Waals surface area contributed by atoms with E-state index >= 15 is 0 Å². The minimum atomic E-state index is -5.08. The van der Waals surface area contributed by atoms with Crippen LogP contribution in [0.2, 0.25) is 0 Å². The molecule has 3 unspecified atom stereocenters. The van der Waals surface area contributed by atoms with Gasteiger partial charge in [-0.1, -0.05) is 45.0 Å². The Morgan fingerprint density at radius 1 is 1.02 bits per heavy atom. The average Bonchev–Trinajstić information content (AvgIpc) is 3.24. The Morgan fingerprint density at radius 2 is 1.66 bits per heavy atom. The Kier molecular flexibility index (Phi) is 9.84. The number of nitrogens with one attached hydrogen (secondary N) is 2. The van der Waals surface area contributed by atoms with E-state index in [0.717, 1.165) is 55.0 Å². The predicted octanol–water partition coefficient (Wildman–Crippen LogP) is 5.95. The van der Waals surface area contributed by atoms with Gasteiger partial charge in [0.2, 0.25) is 0 Å². The third kappa shape index (κ3) is 7.44. The zero-order valence-electron chi connectivity index (χ0n) is 24.4. The number of halogens is 3. The first-order chi connectivity index (χ1) is 19.1. The highest BCUT2D eigenvalue weighted by molar-refractivity contribution is 5.90. The quantitative estimate of drug-likeness (QED) is 0.405. The number of nitrogens with zero attached hydrogens (tertiary/aromatic N) is 1. The number of carbonyl (C=O) groups excluding carboxylic acids is 1. The van der Waals surface area contributed by atoms with Crippen molar-refractivity contribution in [2.24, 2.45) is 0 Å². The number of amides is 2. The molecule has 0 bridgehead atoms. The zero-order chi connectivity index (χ0) is 30.6. The second-order valence-corrected chi connectivity index (χ2v) is 11.6. The number of aliphatic carboxylic acids is 1. The second kappa shape index (κ2) is 12.6. The topological polar surface area (TPSA) is 100 Å². The number of hydrogen-bond acceptors (Lipinski definition) is 5. The molecule has 3 N–H and O–H groups in total. The molecular weight excluding hydrogens is 539 g/mol. The number of alkyl halides is 3. The molecule has 41 heavy (non-hydrogen) atoms. The van der Waals surface area contributed by atoms with E-state index in [-0.39, 0.29) is 22.9 Å². The fourth-order valence-corrected chi connectivity index (χ4v) is 5.98. The van der Waals surface area contributed by atoms with Gasteiger partial charge in [-0.05, 0) is 74.0 Å². The Balaban J connectivity index is 0.000000587. The van der Waals surface area contributed by atoms with E-state index in [1.807, 2.05) is 24.3 Å². The third-order valence-corrected chi connectivity index (χ3v) is 8.05. The van der Waals surface area contributed by atoms with Crippen molar-refractivity contribution in [1.82, 2.24) is 10.2 Å². The van der Waals surface area contributed by atoms with E-state index in [9.17, 15) is 18.0 Å². The smallest absolute Gasteiger partial charge is 0.490 e. The van der Waals surface area contributed by atoms with Crippen LogP contribution in [0.1, 0.15) is 57.6 Å². The van der Waals surface area contributed by atoms with E-state index in [0.29, 0.717) is 6.04 Å². The van der Waals surface area contributed by atoms with Crippen LogP contribution in [0.15, 0.2) is 42.5 Å². The normalized spacial score (nSPS) is 22.6. The first-order valence-electron chi connectivity index (χ1n) is 13.5. The van der Waals surface area contributed by atoms with Gasteiger partial charge in [0.1, 0.15) is 0 Å². The highest BCUT2D eigenvalue weighted by Crippen LogP contribution is 2.50. The predicted molar refractivity (Wildman–Crippen MR) is 151 cm³/mol. The van der Waals surface area contributed by atoms with Crippen molar-refractivity contribution in [3.05, 3.63) is 53.6 Å². The van der Waals surface area contributed by atoms with Crippen LogP contribution in [0.25, 0.3) is 0 Å². The van der Waals surface area contributed by atoms with Gasteiger partial charge in [0.05, 0.1) is 14.2 Å². The maximum Gasteiger partial charge on any atom is 0.490 e. The van der Waals surface area contributed by atoms with Crippen molar-refractivity contribution in [3.8, 4) is 11.5 Å². The zero-order valence-corrected chi connectivity index (χ0v) is 24.4. The number of methoxy groups -OCH3 is 2. The lowest BCUT2D eigenvalue weighted by Gasteiger charge is -2.45. The van der Waals surface area contributed by atoms with Crippen molar-refractivity contribution in [2.45, 2.75) is 75.5 Å². The number of anilines is 1.